The Labute approximate surface area is 86.6 Å². The van der Waals surface area contributed by atoms with E-state index in [0.29, 0.717) is 0 Å². The zero-order valence-corrected chi connectivity index (χ0v) is 11.0. The second-order valence-electron chi connectivity index (χ2n) is 3.87. The van der Waals surface area contributed by atoms with Crippen molar-refractivity contribution in [1.82, 2.24) is 4.98 Å². The van der Waals surface area contributed by atoms with Gasteiger partial charge in [0.15, 0.2) is 0 Å². The Hall–Kier alpha value is 0.177. The van der Waals surface area contributed by atoms with Crippen molar-refractivity contribution >= 4 is 9.68 Å². The van der Waals surface area contributed by atoms with Gasteiger partial charge in [-0.05, 0) is 13.0 Å². The van der Waals surface area contributed by atoms with Gasteiger partial charge in [0.25, 0.3) is 0 Å². The molecular formula is C11H27NSi. The van der Waals surface area contributed by atoms with E-state index in [4.69, 9.17) is 0 Å². The zero-order valence-electron chi connectivity index (χ0n) is 9.57. The average Bonchev–Trinajstić information content (AvgIpc) is 2.16. The van der Waals surface area contributed by atoms with Gasteiger partial charge in [0, 0.05) is 0 Å². The second-order valence-corrected chi connectivity index (χ2v) is 5.58. The van der Waals surface area contributed by atoms with Crippen molar-refractivity contribution in [3.05, 3.63) is 0 Å². The molecule has 0 aromatic heterocycles. The van der Waals surface area contributed by atoms with E-state index >= 15 is 0 Å². The fourth-order valence-electron chi connectivity index (χ4n) is 1.46. The number of nitrogens with one attached hydrogen (secondary N) is 1. The lowest BCUT2D eigenvalue weighted by Crippen LogP contribution is -2.19. The smallest absolute Gasteiger partial charge is 0.0916 e. The Balaban J connectivity index is 2.76. The monoisotopic (exact) mass is 201 g/mol. The first kappa shape index (κ1) is 13.2. The Kier molecular flexibility index (Phi) is 12.3. The molecule has 0 aromatic rings. The third-order valence-electron chi connectivity index (χ3n) is 2.41. The highest BCUT2D eigenvalue weighted by Crippen LogP contribution is 2.03. The summed E-state index contributed by atoms with van der Waals surface area (Å²) in [7, 11) is 0.117. The summed E-state index contributed by atoms with van der Waals surface area (Å²) in [5.41, 5.74) is 0. The van der Waals surface area contributed by atoms with E-state index in [9.17, 15) is 0 Å². The number of rotatable bonds is 10. The molecule has 0 atom stereocenters. The van der Waals surface area contributed by atoms with Gasteiger partial charge in [0.2, 0.25) is 0 Å². The van der Waals surface area contributed by atoms with E-state index in [1.54, 1.807) is 0 Å². The molecule has 0 saturated carbocycles. The molecular weight excluding hydrogens is 174 g/mol. The maximum atomic E-state index is 3.62. The molecule has 0 bridgehead atoms. The van der Waals surface area contributed by atoms with Crippen molar-refractivity contribution in [3.8, 4) is 0 Å². The molecule has 0 aromatic carbocycles. The summed E-state index contributed by atoms with van der Waals surface area (Å²) < 4.78 is 0. The topological polar surface area (TPSA) is 12.0 Å². The molecule has 2 heteroatoms. The van der Waals surface area contributed by atoms with Crippen LogP contribution in [-0.2, 0) is 0 Å². The first-order valence-corrected chi connectivity index (χ1v) is 7.83. The molecule has 0 heterocycles. The van der Waals surface area contributed by atoms with Crippen LogP contribution >= 0.6 is 0 Å². The van der Waals surface area contributed by atoms with Crippen LogP contribution < -0.4 is 4.98 Å². The van der Waals surface area contributed by atoms with E-state index in [1.165, 1.54) is 57.5 Å². The standard InChI is InChI=1S/C11H27NSi/c1-3-5-6-7-8-9-10-12-13-11-4-2/h12H,3-11,13H2,1-2H3. The minimum absolute atomic E-state index is 0.117. The van der Waals surface area contributed by atoms with Crippen molar-refractivity contribution in [2.45, 2.75) is 64.8 Å². The molecule has 0 unspecified atom stereocenters. The van der Waals surface area contributed by atoms with Crippen molar-refractivity contribution in [3.63, 3.8) is 0 Å². The largest absolute Gasteiger partial charge is 0.342 e. The summed E-state index contributed by atoms with van der Waals surface area (Å²) >= 11 is 0. The quantitative estimate of drug-likeness (QED) is 0.423. The molecule has 0 saturated heterocycles. The van der Waals surface area contributed by atoms with Gasteiger partial charge in [0.1, 0.15) is 0 Å². The van der Waals surface area contributed by atoms with E-state index in [1.807, 2.05) is 0 Å². The lowest BCUT2D eigenvalue weighted by atomic mass is 10.1. The van der Waals surface area contributed by atoms with Crippen LogP contribution in [0.15, 0.2) is 0 Å². The third kappa shape index (κ3) is 12.2. The van der Waals surface area contributed by atoms with Gasteiger partial charge in [-0.15, -0.1) is 0 Å². The summed E-state index contributed by atoms with van der Waals surface area (Å²) in [5.74, 6) is 0. The molecule has 1 N–H and O–H groups in total. The Morgan fingerprint density at radius 2 is 1.54 bits per heavy atom. The molecule has 0 amide bonds. The molecule has 0 radical (unpaired) electrons. The van der Waals surface area contributed by atoms with Crippen LogP contribution in [0.1, 0.15) is 58.8 Å². The fourth-order valence-corrected chi connectivity index (χ4v) is 2.56. The van der Waals surface area contributed by atoms with Crippen LogP contribution in [0.25, 0.3) is 0 Å². The van der Waals surface area contributed by atoms with E-state index in [-0.39, 0.29) is 9.68 Å². The second kappa shape index (κ2) is 12.2. The van der Waals surface area contributed by atoms with Crippen LogP contribution in [-0.4, -0.2) is 16.2 Å². The molecule has 0 aliphatic carbocycles. The van der Waals surface area contributed by atoms with Gasteiger partial charge >= 0.3 is 0 Å². The van der Waals surface area contributed by atoms with Crippen molar-refractivity contribution in [1.29, 1.82) is 0 Å². The maximum Gasteiger partial charge on any atom is 0.0916 e. The van der Waals surface area contributed by atoms with E-state index < -0.39 is 0 Å². The van der Waals surface area contributed by atoms with Gasteiger partial charge in [-0.25, -0.2) is 0 Å². The first-order valence-electron chi connectivity index (χ1n) is 6.12. The molecule has 0 spiro atoms. The van der Waals surface area contributed by atoms with Crippen LogP contribution in [0.2, 0.25) is 6.04 Å². The van der Waals surface area contributed by atoms with Gasteiger partial charge < -0.3 is 4.98 Å². The van der Waals surface area contributed by atoms with Crippen molar-refractivity contribution in [2.75, 3.05) is 6.54 Å². The molecule has 80 valence electrons. The predicted molar refractivity (Wildman–Crippen MR) is 65.0 cm³/mol. The van der Waals surface area contributed by atoms with Crippen LogP contribution in [0.5, 0.6) is 0 Å². The molecule has 1 nitrogen and oxygen atoms in total. The average molecular weight is 201 g/mol. The molecule has 0 aliphatic heterocycles. The molecule has 0 aliphatic rings. The van der Waals surface area contributed by atoms with E-state index in [2.05, 4.69) is 18.8 Å². The fraction of sp³-hybridized carbons (Fsp3) is 1.00. The minimum atomic E-state index is 0.117. The highest BCUT2D eigenvalue weighted by atomic mass is 28.2. The maximum absolute atomic E-state index is 3.62. The molecule has 0 fully saturated rings. The summed E-state index contributed by atoms with van der Waals surface area (Å²) in [5, 5.41) is 0. The zero-order chi connectivity index (χ0) is 9.78. The summed E-state index contributed by atoms with van der Waals surface area (Å²) in [6, 6.07) is 1.47. The van der Waals surface area contributed by atoms with Crippen LogP contribution in [0, 0.1) is 0 Å². The molecule has 0 rings (SSSR count). The summed E-state index contributed by atoms with van der Waals surface area (Å²) in [6.45, 7) is 5.84. The summed E-state index contributed by atoms with van der Waals surface area (Å²) in [4.78, 5) is 3.62. The van der Waals surface area contributed by atoms with Crippen molar-refractivity contribution < 1.29 is 0 Å². The third-order valence-corrected chi connectivity index (χ3v) is 4.18. The SMILES string of the molecule is CCCCCCCCN[SiH2]CCC. The first-order chi connectivity index (χ1) is 6.41. The number of hydrogen-bond acceptors (Lipinski definition) is 1. The Morgan fingerprint density at radius 1 is 0.846 bits per heavy atom. The molecule has 13 heavy (non-hydrogen) atoms. The normalized spacial score (nSPS) is 11.5. The highest BCUT2D eigenvalue weighted by molar-refractivity contribution is 6.31. The lowest BCUT2D eigenvalue weighted by molar-refractivity contribution is 0.604. The summed E-state index contributed by atoms with van der Waals surface area (Å²) in [6.07, 6.45) is 9.90. The number of unbranched alkanes of at least 4 members (excludes halogenated alkanes) is 5. The van der Waals surface area contributed by atoms with Gasteiger partial charge in [-0.1, -0.05) is 58.4 Å². The van der Waals surface area contributed by atoms with E-state index in [0.717, 1.165) is 0 Å². The van der Waals surface area contributed by atoms with Gasteiger partial charge in [-0.3, -0.25) is 0 Å². The van der Waals surface area contributed by atoms with Crippen LogP contribution in [0.4, 0.5) is 0 Å². The van der Waals surface area contributed by atoms with Crippen LogP contribution in [0.3, 0.4) is 0 Å². The van der Waals surface area contributed by atoms with Gasteiger partial charge in [0.05, 0.1) is 9.68 Å². The minimum Gasteiger partial charge on any atom is -0.342 e. The number of hydrogen-bond donors (Lipinski definition) is 1. The highest BCUT2D eigenvalue weighted by Gasteiger charge is 1.90. The Bertz CT molecular complexity index is 76.2. The van der Waals surface area contributed by atoms with Crippen molar-refractivity contribution in [2.24, 2.45) is 0 Å². The van der Waals surface area contributed by atoms with Gasteiger partial charge in [-0.2, -0.15) is 0 Å². The lowest BCUT2D eigenvalue weighted by Gasteiger charge is -2.02. The Morgan fingerprint density at radius 3 is 2.23 bits per heavy atom. The predicted octanol–water partition coefficient (Wildman–Crippen LogP) is 2.85.